The molecule has 0 aliphatic carbocycles. The van der Waals surface area contributed by atoms with E-state index in [1.165, 1.54) is 11.0 Å². The zero-order chi connectivity index (χ0) is 21.3. The van der Waals surface area contributed by atoms with E-state index >= 15 is 0 Å². The minimum Gasteiger partial charge on any atom is -0.333 e. The molecule has 0 unspecified atom stereocenters. The van der Waals surface area contributed by atoms with E-state index in [2.05, 4.69) is 10.4 Å². The van der Waals surface area contributed by atoms with Crippen molar-refractivity contribution < 1.29 is 9.59 Å². The van der Waals surface area contributed by atoms with Gasteiger partial charge < -0.3 is 10.2 Å². The summed E-state index contributed by atoms with van der Waals surface area (Å²) in [6.07, 6.45) is 8.69. The molecule has 2 amide bonds. The standard InChI is InChI=1S/C23H24N4O2S/c1-26(17-22(28)25-20-10-6-7-11-21(20)30-2)23(29)13-12-19-14-24-27(16-19)15-18-8-4-3-5-9-18/h3-14,16H,15,17H2,1-2H3,(H,25,28)/b13-12+. The SMILES string of the molecule is CSc1ccccc1NC(=O)CN(C)C(=O)/C=C/c1cnn(Cc2ccccc2)c1. The van der Waals surface area contributed by atoms with E-state index in [4.69, 9.17) is 0 Å². The van der Waals surface area contributed by atoms with Gasteiger partial charge in [-0.1, -0.05) is 42.5 Å². The fraction of sp³-hybridized carbons (Fsp3) is 0.174. The molecule has 3 aromatic rings. The number of benzene rings is 2. The monoisotopic (exact) mass is 420 g/mol. The maximum atomic E-state index is 12.4. The molecule has 0 aliphatic heterocycles. The van der Waals surface area contributed by atoms with Gasteiger partial charge in [-0.15, -0.1) is 11.8 Å². The summed E-state index contributed by atoms with van der Waals surface area (Å²) in [4.78, 5) is 27.0. The zero-order valence-corrected chi connectivity index (χ0v) is 17.8. The summed E-state index contributed by atoms with van der Waals surface area (Å²) in [6.45, 7) is 0.638. The smallest absolute Gasteiger partial charge is 0.246 e. The maximum Gasteiger partial charge on any atom is 0.246 e. The van der Waals surface area contributed by atoms with Crippen molar-refractivity contribution in [2.45, 2.75) is 11.4 Å². The minimum atomic E-state index is -0.251. The number of nitrogens with zero attached hydrogens (tertiary/aromatic N) is 3. The van der Waals surface area contributed by atoms with Crippen LogP contribution in [0.15, 0.2) is 78.0 Å². The first-order valence-corrected chi connectivity index (χ1v) is 10.7. The maximum absolute atomic E-state index is 12.4. The first-order valence-electron chi connectivity index (χ1n) is 9.47. The third kappa shape index (κ3) is 6.09. The Bertz CT molecular complexity index is 1030. The lowest BCUT2D eigenvalue weighted by atomic mass is 10.2. The van der Waals surface area contributed by atoms with Gasteiger partial charge in [0.15, 0.2) is 0 Å². The number of rotatable bonds is 8. The molecule has 0 aliphatic rings. The quantitative estimate of drug-likeness (QED) is 0.445. The van der Waals surface area contributed by atoms with Crippen molar-refractivity contribution in [3.05, 3.63) is 84.2 Å². The second-order valence-corrected chi connectivity index (χ2v) is 7.58. The van der Waals surface area contributed by atoms with Crippen LogP contribution in [-0.4, -0.2) is 46.3 Å². The highest BCUT2D eigenvalue weighted by Crippen LogP contribution is 2.24. The molecular formula is C23H24N4O2S. The fourth-order valence-electron chi connectivity index (χ4n) is 2.85. The van der Waals surface area contributed by atoms with Gasteiger partial charge in [0.1, 0.15) is 0 Å². The second kappa shape index (κ2) is 10.5. The highest BCUT2D eigenvalue weighted by molar-refractivity contribution is 7.98. The van der Waals surface area contributed by atoms with Crippen LogP contribution in [0.3, 0.4) is 0 Å². The summed E-state index contributed by atoms with van der Waals surface area (Å²) < 4.78 is 1.82. The van der Waals surface area contributed by atoms with Crippen molar-refractivity contribution in [3.8, 4) is 0 Å². The third-order valence-corrected chi connectivity index (χ3v) is 5.19. The van der Waals surface area contributed by atoms with Gasteiger partial charge in [-0.25, -0.2) is 0 Å². The van der Waals surface area contributed by atoms with Crippen LogP contribution in [0.4, 0.5) is 5.69 Å². The number of anilines is 1. The van der Waals surface area contributed by atoms with Gasteiger partial charge in [0.2, 0.25) is 11.8 Å². The molecule has 0 fully saturated rings. The number of para-hydroxylation sites is 1. The Hall–Kier alpha value is -3.32. The Balaban J connectivity index is 1.52. The molecule has 154 valence electrons. The second-order valence-electron chi connectivity index (χ2n) is 6.73. The molecule has 7 heteroatoms. The Kier molecular flexibility index (Phi) is 7.45. The highest BCUT2D eigenvalue weighted by Gasteiger charge is 2.12. The number of hydrogen-bond acceptors (Lipinski definition) is 4. The van der Waals surface area contributed by atoms with Crippen molar-refractivity contribution in [2.24, 2.45) is 0 Å². The summed E-state index contributed by atoms with van der Waals surface area (Å²) in [5, 5.41) is 7.18. The number of amides is 2. The zero-order valence-electron chi connectivity index (χ0n) is 17.0. The molecule has 30 heavy (non-hydrogen) atoms. The molecule has 2 aromatic carbocycles. The molecule has 1 aromatic heterocycles. The molecule has 0 atom stereocenters. The normalized spacial score (nSPS) is 10.9. The summed E-state index contributed by atoms with van der Waals surface area (Å²) >= 11 is 1.56. The Morgan fingerprint density at radius 3 is 2.63 bits per heavy atom. The van der Waals surface area contributed by atoms with Crippen LogP contribution in [0.5, 0.6) is 0 Å². The van der Waals surface area contributed by atoms with Gasteiger partial charge in [0.05, 0.1) is 25.0 Å². The van der Waals surface area contributed by atoms with Crippen LogP contribution in [0.1, 0.15) is 11.1 Å². The summed E-state index contributed by atoms with van der Waals surface area (Å²) in [6, 6.07) is 17.6. The largest absolute Gasteiger partial charge is 0.333 e. The molecule has 1 N–H and O–H groups in total. The Labute approximate surface area is 180 Å². The van der Waals surface area contributed by atoms with Gasteiger partial charge in [0.25, 0.3) is 0 Å². The Morgan fingerprint density at radius 1 is 1.13 bits per heavy atom. The van der Waals surface area contributed by atoms with E-state index in [0.717, 1.165) is 21.7 Å². The first kappa shape index (κ1) is 21.4. The predicted molar refractivity (Wildman–Crippen MR) is 121 cm³/mol. The molecular weight excluding hydrogens is 396 g/mol. The predicted octanol–water partition coefficient (Wildman–Crippen LogP) is 3.76. The summed E-state index contributed by atoms with van der Waals surface area (Å²) in [5.41, 5.74) is 2.73. The summed E-state index contributed by atoms with van der Waals surface area (Å²) in [7, 11) is 1.60. The Morgan fingerprint density at radius 2 is 1.87 bits per heavy atom. The van der Waals surface area contributed by atoms with Gasteiger partial charge >= 0.3 is 0 Å². The topological polar surface area (TPSA) is 67.2 Å². The van der Waals surface area contributed by atoms with Crippen molar-refractivity contribution in [3.63, 3.8) is 0 Å². The highest BCUT2D eigenvalue weighted by atomic mass is 32.2. The van der Waals surface area contributed by atoms with Crippen molar-refractivity contribution >= 4 is 35.3 Å². The van der Waals surface area contributed by atoms with Crippen LogP contribution in [0.25, 0.3) is 6.08 Å². The number of carbonyl (C=O) groups is 2. The first-order chi connectivity index (χ1) is 14.5. The average Bonchev–Trinajstić information content (AvgIpc) is 3.20. The van der Waals surface area contributed by atoms with Crippen molar-refractivity contribution in [1.82, 2.24) is 14.7 Å². The molecule has 0 saturated carbocycles. The number of hydrogen-bond donors (Lipinski definition) is 1. The molecule has 0 spiro atoms. The number of carbonyl (C=O) groups excluding carboxylic acids is 2. The van der Waals surface area contributed by atoms with Crippen molar-refractivity contribution in [1.29, 1.82) is 0 Å². The van der Waals surface area contributed by atoms with E-state index in [1.807, 2.05) is 71.7 Å². The molecule has 0 saturated heterocycles. The number of aromatic nitrogens is 2. The third-order valence-electron chi connectivity index (χ3n) is 4.40. The van der Waals surface area contributed by atoms with Crippen LogP contribution in [0.2, 0.25) is 0 Å². The summed E-state index contributed by atoms with van der Waals surface area (Å²) in [5.74, 6) is -0.490. The molecule has 6 nitrogen and oxygen atoms in total. The molecule has 0 radical (unpaired) electrons. The lowest BCUT2D eigenvalue weighted by Crippen LogP contribution is -2.33. The van der Waals surface area contributed by atoms with E-state index in [-0.39, 0.29) is 18.4 Å². The van der Waals surface area contributed by atoms with Gasteiger partial charge in [0, 0.05) is 29.8 Å². The van der Waals surface area contributed by atoms with E-state index in [9.17, 15) is 9.59 Å². The van der Waals surface area contributed by atoms with Gasteiger partial charge in [-0.2, -0.15) is 5.10 Å². The van der Waals surface area contributed by atoms with E-state index in [0.29, 0.717) is 6.54 Å². The van der Waals surface area contributed by atoms with Gasteiger partial charge in [-0.05, 0) is 30.0 Å². The van der Waals surface area contributed by atoms with Crippen LogP contribution >= 0.6 is 11.8 Å². The molecule has 3 rings (SSSR count). The number of likely N-dealkylation sites (N-methyl/N-ethyl adjacent to an activating group) is 1. The van der Waals surface area contributed by atoms with Crippen LogP contribution < -0.4 is 5.32 Å². The lowest BCUT2D eigenvalue weighted by molar-refractivity contribution is -0.129. The van der Waals surface area contributed by atoms with Gasteiger partial charge in [-0.3, -0.25) is 14.3 Å². The van der Waals surface area contributed by atoms with E-state index in [1.54, 1.807) is 31.1 Å². The van der Waals surface area contributed by atoms with Crippen LogP contribution in [-0.2, 0) is 16.1 Å². The molecule has 0 bridgehead atoms. The minimum absolute atomic E-state index is 0.0286. The fourth-order valence-corrected chi connectivity index (χ4v) is 3.40. The number of thioether (sulfide) groups is 1. The average molecular weight is 421 g/mol. The van der Waals surface area contributed by atoms with Crippen molar-refractivity contribution in [2.75, 3.05) is 25.2 Å². The van der Waals surface area contributed by atoms with Crippen LogP contribution in [0, 0.1) is 0 Å². The van der Waals surface area contributed by atoms with E-state index < -0.39 is 0 Å². The lowest BCUT2D eigenvalue weighted by Gasteiger charge is -2.15. The number of nitrogens with one attached hydrogen (secondary N) is 1. The molecule has 1 heterocycles.